The lowest BCUT2D eigenvalue weighted by atomic mass is 10.0. The first kappa shape index (κ1) is 15.6. The van der Waals surface area contributed by atoms with Gasteiger partial charge in [0.1, 0.15) is 5.75 Å². The van der Waals surface area contributed by atoms with Gasteiger partial charge in [-0.15, -0.1) is 12.4 Å². The number of nitrogens with zero attached hydrogens (tertiary/aromatic N) is 1. The van der Waals surface area contributed by atoms with Gasteiger partial charge in [-0.1, -0.05) is 12.1 Å². The van der Waals surface area contributed by atoms with Gasteiger partial charge in [0.05, 0.1) is 0 Å². The average molecular weight is 297 g/mol. The molecule has 1 aliphatic heterocycles. The highest BCUT2D eigenvalue weighted by molar-refractivity contribution is 5.85. The summed E-state index contributed by atoms with van der Waals surface area (Å²) >= 11 is 0. The van der Waals surface area contributed by atoms with Gasteiger partial charge in [0.25, 0.3) is 0 Å². The Labute approximate surface area is 127 Å². The van der Waals surface area contributed by atoms with Gasteiger partial charge in [-0.2, -0.15) is 0 Å². The van der Waals surface area contributed by atoms with Crippen LogP contribution in [0.4, 0.5) is 0 Å². The lowest BCUT2D eigenvalue weighted by Crippen LogP contribution is -2.42. The van der Waals surface area contributed by atoms with Crippen molar-refractivity contribution in [2.75, 3.05) is 19.6 Å². The number of aromatic hydroxyl groups is 1. The molecule has 0 atom stereocenters. The van der Waals surface area contributed by atoms with E-state index in [0.29, 0.717) is 5.75 Å². The lowest BCUT2D eigenvalue weighted by Gasteiger charge is -2.32. The van der Waals surface area contributed by atoms with E-state index in [4.69, 9.17) is 0 Å². The Morgan fingerprint density at radius 2 is 1.90 bits per heavy atom. The van der Waals surface area contributed by atoms with Crippen LogP contribution in [0.3, 0.4) is 0 Å². The van der Waals surface area contributed by atoms with Gasteiger partial charge in [-0.25, -0.2) is 0 Å². The van der Waals surface area contributed by atoms with Crippen LogP contribution in [0.25, 0.3) is 0 Å². The number of rotatable bonds is 5. The van der Waals surface area contributed by atoms with Gasteiger partial charge < -0.3 is 10.4 Å². The van der Waals surface area contributed by atoms with Crippen molar-refractivity contribution in [1.82, 2.24) is 10.2 Å². The second-order valence-corrected chi connectivity index (χ2v) is 6.07. The van der Waals surface area contributed by atoms with Crippen molar-refractivity contribution in [3.8, 4) is 5.75 Å². The lowest BCUT2D eigenvalue weighted by molar-refractivity contribution is 0.190. The van der Waals surface area contributed by atoms with Crippen molar-refractivity contribution in [1.29, 1.82) is 0 Å². The van der Waals surface area contributed by atoms with E-state index >= 15 is 0 Å². The number of phenols is 1. The molecule has 1 heterocycles. The number of likely N-dealkylation sites (tertiary alicyclic amines) is 1. The molecule has 1 aromatic carbocycles. The van der Waals surface area contributed by atoms with Crippen LogP contribution in [0, 0.1) is 5.92 Å². The van der Waals surface area contributed by atoms with E-state index < -0.39 is 0 Å². The molecule has 0 radical (unpaired) electrons. The van der Waals surface area contributed by atoms with Crippen LogP contribution >= 0.6 is 12.4 Å². The zero-order valence-corrected chi connectivity index (χ0v) is 12.7. The fourth-order valence-electron chi connectivity index (χ4n) is 2.86. The highest BCUT2D eigenvalue weighted by Crippen LogP contribution is 2.28. The normalized spacial score (nSPS) is 20.6. The Balaban J connectivity index is 0.00000147. The number of halogens is 1. The molecule has 20 heavy (non-hydrogen) atoms. The summed E-state index contributed by atoms with van der Waals surface area (Å²) in [4.78, 5) is 2.49. The molecule has 1 saturated carbocycles. The van der Waals surface area contributed by atoms with Gasteiger partial charge in [0.2, 0.25) is 0 Å². The first-order valence-electron chi connectivity index (χ1n) is 7.53. The fraction of sp³-hybridized carbons (Fsp3) is 0.625. The molecule has 0 bridgehead atoms. The largest absolute Gasteiger partial charge is 0.508 e. The monoisotopic (exact) mass is 296 g/mol. The third kappa shape index (κ3) is 4.65. The summed E-state index contributed by atoms with van der Waals surface area (Å²) in [5, 5.41) is 13.2. The number of nitrogens with one attached hydrogen (secondary N) is 1. The standard InChI is InChI=1S/C16H24N2O.ClH/c19-16-3-1-2-14(10-16)12-18-8-6-15(7-9-18)17-11-13-4-5-13;/h1-3,10,13,15,17,19H,4-9,11-12H2;1H. The molecule has 1 aliphatic carbocycles. The number of hydrogen-bond donors (Lipinski definition) is 2. The summed E-state index contributed by atoms with van der Waals surface area (Å²) in [5.74, 6) is 1.35. The van der Waals surface area contributed by atoms with E-state index in [9.17, 15) is 5.11 Å². The minimum atomic E-state index is 0. The van der Waals surface area contributed by atoms with Crippen molar-refractivity contribution in [2.45, 2.75) is 38.3 Å². The van der Waals surface area contributed by atoms with Crippen LogP contribution in [0.2, 0.25) is 0 Å². The molecule has 2 N–H and O–H groups in total. The maximum Gasteiger partial charge on any atom is 0.115 e. The van der Waals surface area contributed by atoms with Crippen LogP contribution in [-0.4, -0.2) is 35.7 Å². The maximum absolute atomic E-state index is 9.48. The van der Waals surface area contributed by atoms with Gasteiger partial charge in [0, 0.05) is 12.6 Å². The number of hydrogen-bond acceptors (Lipinski definition) is 3. The fourth-order valence-corrected chi connectivity index (χ4v) is 2.86. The number of benzene rings is 1. The van der Waals surface area contributed by atoms with E-state index in [1.165, 1.54) is 37.8 Å². The predicted octanol–water partition coefficient (Wildman–Crippen LogP) is 2.78. The Morgan fingerprint density at radius 3 is 2.55 bits per heavy atom. The third-order valence-corrected chi connectivity index (χ3v) is 4.30. The van der Waals surface area contributed by atoms with Gasteiger partial charge >= 0.3 is 0 Å². The minimum Gasteiger partial charge on any atom is -0.508 e. The molecule has 1 saturated heterocycles. The molecular formula is C16H25ClN2O. The van der Waals surface area contributed by atoms with E-state index in [0.717, 1.165) is 31.6 Å². The van der Waals surface area contributed by atoms with E-state index in [1.54, 1.807) is 6.07 Å². The minimum absolute atomic E-state index is 0. The van der Waals surface area contributed by atoms with Crippen molar-refractivity contribution < 1.29 is 5.11 Å². The molecule has 0 spiro atoms. The van der Waals surface area contributed by atoms with Crippen molar-refractivity contribution >= 4 is 12.4 Å². The van der Waals surface area contributed by atoms with Crippen LogP contribution < -0.4 is 5.32 Å². The van der Waals surface area contributed by atoms with Gasteiger partial charge in [-0.3, -0.25) is 4.90 Å². The molecule has 1 aromatic rings. The van der Waals surface area contributed by atoms with Crippen LogP contribution in [0.15, 0.2) is 24.3 Å². The predicted molar refractivity (Wildman–Crippen MR) is 84.4 cm³/mol. The summed E-state index contributed by atoms with van der Waals surface area (Å²) < 4.78 is 0. The van der Waals surface area contributed by atoms with Crippen LogP contribution in [0.1, 0.15) is 31.2 Å². The topological polar surface area (TPSA) is 35.5 Å². The molecule has 0 unspecified atom stereocenters. The molecule has 2 aliphatic rings. The summed E-state index contributed by atoms with van der Waals surface area (Å²) in [7, 11) is 0. The Morgan fingerprint density at radius 1 is 1.15 bits per heavy atom. The zero-order valence-electron chi connectivity index (χ0n) is 11.9. The van der Waals surface area contributed by atoms with Crippen molar-refractivity contribution in [2.24, 2.45) is 5.92 Å². The highest BCUT2D eigenvalue weighted by Gasteiger charge is 2.24. The molecule has 3 nitrogen and oxygen atoms in total. The molecule has 112 valence electrons. The molecule has 0 amide bonds. The quantitative estimate of drug-likeness (QED) is 0.877. The number of piperidine rings is 1. The second-order valence-electron chi connectivity index (χ2n) is 6.07. The summed E-state index contributed by atoms with van der Waals surface area (Å²) in [6.45, 7) is 4.52. The van der Waals surface area contributed by atoms with Crippen LogP contribution in [-0.2, 0) is 6.54 Å². The van der Waals surface area contributed by atoms with Crippen LogP contribution in [0.5, 0.6) is 5.75 Å². The Hall–Kier alpha value is -0.770. The van der Waals surface area contributed by atoms with Gasteiger partial charge in [0.15, 0.2) is 0 Å². The SMILES string of the molecule is Cl.Oc1cccc(CN2CCC(NCC3CC3)CC2)c1. The smallest absolute Gasteiger partial charge is 0.115 e. The first-order chi connectivity index (χ1) is 9.29. The van der Waals surface area contributed by atoms with E-state index in [1.807, 2.05) is 12.1 Å². The summed E-state index contributed by atoms with van der Waals surface area (Å²) in [5.41, 5.74) is 1.21. The summed E-state index contributed by atoms with van der Waals surface area (Å²) in [6, 6.07) is 8.35. The van der Waals surface area contributed by atoms with Gasteiger partial charge in [-0.05, 0) is 68.9 Å². The summed E-state index contributed by atoms with van der Waals surface area (Å²) in [6.07, 6.45) is 5.38. The number of phenolic OH excluding ortho intramolecular Hbond substituents is 1. The van der Waals surface area contributed by atoms with E-state index in [-0.39, 0.29) is 12.4 Å². The molecular weight excluding hydrogens is 272 g/mol. The second kappa shape index (κ2) is 7.30. The first-order valence-corrected chi connectivity index (χ1v) is 7.53. The van der Waals surface area contributed by atoms with Crippen molar-refractivity contribution in [3.05, 3.63) is 29.8 Å². The molecule has 0 aromatic heterocycles. The molecule has 3 rings (SSSR count). The maximum atomic E-state index is 9.48. The van der Waals surface area contributed by atoms with E-state index in [2.05, 4.69) is 16.3 Å². The highest BCUT2D eigenvalue weighted by atomic mass is 35.5. The average Bonchev–Trinajstić information content (AvgIpc) is 3.22. The van der Waals surface area contributed by atoms with Crippen molar-refractivity contribution in [3.63, 3.8) is 0 Å². The Bertz CT molecular complexity index is 415. The molecule has 2 fully saturated rings. The Kier molecular flexibility index (Phi) is 5.70. The zero-order chi connectivity index (χ0) is 13.1. The third-order valence-electron chi connectivity index (χ3n) is 4.30. The molecule has 4 heteroatoms.